The summed E-state index contributed by atoms with van der Waals surface area (Å²) < 4.78 is 11.0. The zero-order valence-electron chi connectivity index (χ0n) is 16.4. The van der Waals surface area contributed by atoms with Crippen LogP contribution in [0.5, 0.6) is 5.75 Å². The molecule has 1 fully saturated rings. The Bertz CT molecular complexity index is 1220. The van der Waals surface area contributed by atoms with Crippen LogP contribution in [0.3, 0.4) is 0 Å². The fourth-order valence-electron chi connectivity index (χ4n) is 4.70. The standard InChI is InChI=1S/C25H17N3O3/c26-15-25(16-27)21-11-10-17-6-4-5-9-20(17)28(21)23(22(25)18-12-13-30-14-18)24(29)31-19-7-2-1-3-8-19/h1-14,21-23H/t21-,22-,23-/m1/s1. The molecule has 3 heterocycles. The number of carbonyl (C=O) groups excluding carboxylic acids is 1. The van der Waals surface area contributed by atoms with Crippen LogP contribution >= 0.6 is 0 Å². The number of nitriles is 2. The molecule has 3 atom stereocenters. The Morgan fingerprint density at radius 2 is 1.77 bits per heavy atom. The van der Waals surface area contributed by atoms with Crippen molar-refractivity contribution in [2.24, 2.45) is 5.41 Å². The summed E-state index contributed by atoms with van der Waals surface area (Å²) >= 11 is 0. The van der Waals surface area contributed by atoms with Crippen LogP contribution < -0.4 is 9.64 Å². The fourth-order valence-corrected chi connectivity index (χ4v) is 4.70. The van der Waals surface area contributed by atoms with Gasteiger partial charge in [0, 0.05) is 5.69 Å². The van der Waals surface area contributed by atoms with Crippen LogP contribution in [-0.2, 0) is 4.79 Å². The first-order valence-electron chi connectivity index (χ1n) is 9.86. The first-order valence-corrected chi connectivity index (χ1v) is 9.86. The molecular weight excluding hydrogens is 390 g/mol. The summed E-state index contributed by atoms with van der Waals surface area (Å²) in [6, 6.07) is 21.1. The summed E-state index contributed by atoms with van der Waals surface area (Å²) in [7, 11) is 0. The second-order valence-corrected chi connectivity index (χ2v) is 7.58. The highest BCUT2D eigenvalue weighted by molar-refractivity contribution is 5.89. The molecule has 1 aromatic heterocycles. The molecule has 0 amide bonds. The summed E-state index contributed by atoms with van der Waals surface area (Å²) in [5, 5.41) is 20.5. The Morgan fingerprint density at radius 1 is 1.03 bits per heavy atom. The molecule has 5 rings (SSSR count). The lowest BCUT2D eigenvalue weighted by molar-refractivity contribution is -0.136. The molecule has 0 N–H and O–H groups in total. The van der Waals surface area contributed by atoms with Crippen LogP contribution in [0.4, 0.5) is 5.69 Å². The zero-order chi connectivity index (χ0) is 21.4. The Hall–Kier alpha value is -4.29. The Labute approximate surface area is 179 Å². The molecule has 0 spiro atoms. The molecule has 3 aromatic rings. The van der Waals surface area contributed by atoms with Gasteiger partial charge in [-0.25, -0.2) is 4.79 Å². The van der Waals surface area contributed by atoms with Gasteiger partial charge in [0.05, 0.1) is 36.6 Å². The maximum absolute atomic E-state index is 13.6. The number of para-hydroxylation sites is 2. The summed E-state index contributed by atoms with van der Waals surface area (Å²) in [4.78, 5) is 15.4. The number of carbonyl (C=O) groups is 1. The van der Waals surface area contributed by atoms with Gasteiger partial charge in [0.1, 0.15) is 11.8 Å². The normalized spacial score (nSPS) is 22.6. The predicted octanol–water partition coefficient (Wildman–Crippen LogP) is 4.29. The van der Waals surface area contributed by atoms with Gasteiger partial charge in [-0.15, -0.1) is 0 Å². The Kier molecular flexibility index (Phi) is 4.34. The molecule has 0 saturated carbocycles. The minimum absolute atomic E-state index is 0.405. The largest absolute Gasteiger partial charge is 0.472 e. The molecule has 6 heteroatoms. The number of furan rings is 1. The second-order valence-electron chi connectivity index (χ2n) is 7.58. The summed E-state index contributed by atoms with van der Waals surface area (Å²) in [6.45, 7) is 0. The molecule has 2 aliphatic heterocycles. The van der Waals surface area contributed by atoms with Crippen LogP contribution in [-0.4, -0.2) is 18.1 Å². The van der Waals surface area contributed by atoms with Gasteiger partial charge in [0.2, 0.25) is 0 Å². The second kappa shape index (κ2) is 7.19. The average molecular weight is 407 g/mol. The Balaban J connectivity index is 1.70. The number of hydrogen-bond donors (Lipinski definition) is 0. The predicted molar refractivity (Wildman–Crippen MR) is 113 cm³/mol. The summed E-state index contributed by atoms with van der Waals surface area (Å²) in [6.07, 6.45) is 6.70. The number of hydrogen-bond acceptors (Lipinski definition) is 6. The Morgan fingerprint density at radius 3 is 2.48 bits per heavy atom. The molecule has 31 heavy (non-hydrogen) atoms. The lowest BCUT2D eigenvalue weighted by atomic mass is 9.70. The van der Waals surface area contributed by atoms with Crippen LogP contribution in [0.15, 0.2) is 83.7 Å². The van der Waals surface area contributed by atoms with E-state index in [0.717, 1.165) is 11.3 Å². The highest BCUT2D eigenvalue weighted by atomic mass is 16.5. The minimum Gasteiger partial charge on any atom is -0.472 e. The molecule has 0 aliphatic carbocycles. The van der Waals surface area contributed by atoms with E-state index in [9.17, 15) is 15.3 Å². The van der Waals surface area contributed by atoms with Gasteiger partial charge in [-0.3, -0.25) is 0 Å². The molecule has 150 valence electrons. The van der Waals surface area contributed by atoms with Crippen LogP contribution in [0.2, 0.25) is 0 Å². The van der Waals surface area contributed by atoms with Crippen molar-refractivity contribution in [2.45, 2.75) is 18.0 Å². The van der Waals surface area contributed by atoms with Crippen LogP contribution in [0.1, 0.15) is 17.0 Å². The van der Waals surface area contributed by atoms with Crippen LogP contribution in [0.25, 0.3) is 6.08 Å². The van der Waals surface area contributed by atoms with Gasteiger partial charge in [0.15, 0.2) is 5.41 Å². The average Bonchev–Trinajstić information content (AvgIpc) is 3.44. The maximum atomic E-state index is 13.6. The minimum atomic E-state index is -1.51. The number of anilines is 1. The quantitative estimate of drug-likeness (QED) is 0.475. The highest BCUT2D eigenvalue weighted by Gasteiger charge is 2.64. The third-order valence-corrected chi connectivity index (χ3v) is 6.02. The third kappa shape index (κ3) is 2.73. The number of benzene rings is 2. The number of fused-ring (bicyclic) bond motifs is 3. The van der Waals surface area contributed by atoms with E-state index in [-0.39, 0.29) is 0 Å². The topological polar surface area (TPSA) is 90.3 Å². The van der Waals surface area contributed by atoms with Gasteiger partial charge < -0.3 is 14.1 Å². The van der Waals surface area contributed by atoms with E-state index in [2.05, 4.69) is 12.1 Å². The van der Waals surface area contributed by atoms with Crippen molar-refractivity contribution in [3.63, 3.8) is 0 Å². The maximum Gasteiger partial charge on any atom is 0.334 e. The van der Waals surface area contributed by atoms with E-state index < -0.39 is 29.4 Å². The molecule has 1 saturated heterocycles. The molecule has 0 radical (unpaired) electrons. The lowest BCUT2D eigenvalue weighted by Crippen LogP contribution is -2.45. The number of ether oxygens (including phenoxy) is 1. The zero-order valence-corrected chi connectivity index (χ0v) is 16.4. The van der Waals surface area contributed by atoms with Crippen molar-refractivity contribution in [3.8, 4) is 17.9 Å². The summed E-state index contributed by atoms with van der Waals surface area (Å²) in [5.41, 5.74) is 0.798. The van der Waals surface area contributed by atoms with Gasteiger partial charge in [0.25, 0.3) is 0 Å². The molecule has 2 aromatic carbocycles. The monoisotopic (exact) mass is 407 g/mol. The van der Waals surface area contributed by atoms with Crippen molar-refractivity contribution in [2.75, 3.05) is 4.90 Å². The van der Waals surface area contributed by atoms with Crippen molar-refractivity contribution in [3.05, 3.63) is 90.4 Å². The van der Waals surface area contributed by atoms with Crippen LogP contribution in [0, 0.1) is 28.1 Å². The summed E-state index contributed by atoms with van der Waals surface area (Å²) in [5.74, 6) is -0.889. The van der Waals surface area contributed by atoms with Gasteiger partial charge in [-0.05, 0) is 35.4 Å². The van der Waals surface area contributed by atoms with Crippen molar-refractivity contribution < 1.29 is 13.9 Å². The van der Waals surface area contributed by atoms with Gasteiger partial charge >= 0.3 is 5.97 Å². The van der Waals surface area contributed by atoms with E-state index >= 15 is 0 Å². The number of esters is 1. The van der Waals surface area contributed by atoms with E-state index in [1.54, 1.807) is 30.3 Å². The lowest BCUT2D eigenvalue weighted by Gasteiger charge is -2.34. The van der Waals surface area contributed by atoms with E-state index in [4.69, 9.17) is 9.15 Å². The third-order valence-electron chi connectivity index (χ3n) is 6.02. The van der Waals surface area contributed by atoms with Crippen molar-refractivity contribution in [1.82, 2.24) is 0 Å². The van der Waals surface area contributed by atoms with Gasteiger partial charge in [-0.2, -0.15) is 10.5 Å². The first kappa shape index (κ1) is 18.7. The van der Waals surface area contributed by atoms with Crippen molar-refractivity contribution in [1.29, 1.82) is 10.5 Å². The number of rotatable bonds is 3. The fraction of sp³-hybridized carbons (Fsp3) is 0.160. The van der Waals surface area contributed by atoms with Gasteiger partial charge in [-0.1, -0.05) is 48.6 Å². The van der Waals surface area contributed by atoms with Crippen molar-refractivity contribution >= 4 is 17.7 Å². The number of nitrogens with zero attached hydrogens (tertiary/aromatic N) is 3. The smallest absolute Gasteiger partial charge is 0.334 e. The molecule has 2 aliphatic rings. The SMILES string of the molecule is N#CC1(C#N)[C@H](c2ccoc2)[C@H](C(=O)Oc2ccccc2)N2c3ccccc3C=C[C@@H]21. The molecule has 0 unspecified atom stereocenters. The highest BCUT2D eigenvalue weighted by Crippen LogP contribution is 2.55. The molecular formula is C25H17N3O3. The van der Waals surface area contributed by atoms with E-state index in [1.165, 1.54) is 12.5 Å². The molecule has 6 nitrogen and oxygen atoms in total. The molecule has 0 bridgehead atoms. The van der Waals surface area contributed by atoms with E-state index in [0.29, 0.717) is 11.3 Å². The van der Waals surface area contributed by atoms with E-state index in [1.807, 2.05) is 47.4 Å². The first-order chi connectivity index (χ1) is 15.2.